The predicted octanol–water partition coefficient (Wildman–Crippen LogP) is 8.51. The number of allylic oxidation sites excluding steroid dienone is 2. The third-order valence-electron chi connectivity index (χ3n) is 11.9. The van der Waals surface area contributed by atoms with Gasteiger partial charge in [0.1, 0.15) is 6.17 Å². The molecule has 0 spiro atoms. The normalized spacial score (nSPS) is 46.6. The van der Waals surface area contributed by atoms with E-state index in [1.54, 1.807) is 5.57 Å². The number of rotatable bonds is 5. The average Bonchev–Trinajstić information content (AvgIpc) is 2.92. The molecule has 0 amide bonds. The first-order valence-corrected chi connectivity index (χ1v) is 13.8. The third kappa shape index (κ3) is 3.31. The first kappa shape index (κ1) is 24.7. The van der Waals surface area contributed by atoms with E-state index in [1.165, 1.54) is 24.8 Å². The summed E-state index contributed by atoms with van der Waals surface area (Å²) in [6.45, 7) is 18.9. The largest absolute Gasteiger partial charge is 0.393 e. The molecule has 4 aliphatic carbocycles. The van der Waals surface area contributed by atoms with Gasteiger partial charge in [-0.05, 0) is 84.9 Å². The predicted molar refractivity (Wildman–Crippen MR) is 133 cm³/mol. The first-order valence-electron chi connectivity index (χ1n) is 13.8. The molecule has 2 heteroatoms. The molecule has 1 nitrogen and oxygen atoms in total. The van der Waals surface area contributed by atoms with Crippen LogP contribution in [-0.4, -0.2) is 17.4 Å². The van der Waals surface area contributed by atoms with Gasteiger partial charge in [-0.3, -0.25) is 0 Å². The van der Waals surface area contributed by atoms with Crippen LogP contribution in [0.1, 0.15) is 120 Å². The number of halogens is 1. The summed E-state index contributed by atoms with van der Waals surface area (Å²) in [4.78, 5) is 0. The Hall–Kier alpha value is -0.370. The third-order valence-corrected chi connectivity index (χ3v) is 11.9. The summed E-state index contributed by atoms with van der Waals surface area (Å²) in [6.07, 6.45) is 10.1. The van der Waals surface area contributed by atoms with Crippen molar-refractivity contribution < 1.29 is 9.50 Å². The summed E-state index contributed by atoms with van der Waals surface area (Å²) >= 11 is 0. The van der Waals surface area contributed by atoms with Crippen LogP contribution in [0.3, 0.4) is 0 Å². The summed E-state index contributed by atoms with van der Waals surface area (Å²) < 4.78 is 16.2. The lowest BCUT2D eigenvalue weighted by Crippen LogP contribution is -2.55. The molecule has 0 radical (unpaired) electrons. The molecule has 2 fully saturated rings. The molecule has 0 aromatic carbocycles. The molecule has 1 N–H and O–H groups in total. The maximum atomic E-state index is 16.2. The summed E-state index contributed by atoms with van der Waals surface area (Å²) in [5.41, 5.74) is 3.00. The van der Waals surface area contributed by atoms with Gasteiger partial charge in [-0.15, -0.1) is 0 Å². The van der Waals surface area contributed by atoms with Gasteiger partial charge in [-0.1, -0.05) is 85.8 Å². The highest BCUT2D eigenvalue weighted by Gasteiger charge is 2.67. The van der Waals surface area contributed by atoms with E-state index in [-0.39, 0.29) is 27.8 Å². The minimum absolute atomic E-state index is 0.0502. The number of fused-ring (bicyclic) bond motifs is 4. The molecule has 0 bridgehead atoms. The smallest absolute Gasteiger partial charge is 0.110 e. The molecule has 0 heterocycles. The molecule has 0 unspecified atom stereocenters. The fourth-order valence-electron chi connectivity index (χ4n) is 9.62. The van der Waals surface area contributed by atoms with Crippen molar-refractivity contribution in [3.8, 4) is 0 Å². The maximum absolute atomic E-state index is 16.2. The highest BCUT2D eigenvalue weighted by molar-refractivity contribution is 5.40. The van der Waals surface area contributed by atoms with Gasteiger partial charge in [0.2, 0.25) is 0 Å². The van der Waals surface area contributed by atoms with Gasteiger partial charge in [0.15, 0.2) is 0 Å². The monoisotopic (exact) mass is 446 g/mol. The summed E-state index contributed by atoms with van der Waals surface area (Å²) in [6, 6.07) is 0. The van der Waals surface area contributed by atoms with E-state index in [2.05, 4.69) is 55.4 Å². The van der Waals surface area contributed by atoms with E-state index in [4.69, 9.17) is 0 Å². The van der Waals surface area contributed by atoms with E-state index < -0.39 is 6.17 Å². The topological polar surface area (TPSA) is 20.2 Å². The lowest BCUT2D eigenvalue weighted by molar-refractivity contribution is -0.0979. The van der Waals surface area contributed by atoms with Gasteiger partial charge < -0.3 is 5.11 Å². The zero-order valence-electron chi connectivity index (χ0n) is 22.4. The Morgan fingerprint density at radius 1 is 0.938 bits per heavy atom. The first-order chi connectivity index (χ1) is 14.8. The molecule has 4 rings (SSSR count). The van der Waals surface area contributed by atoms with Gasteiger partial charge in [0, 0.05) is 5.41 Å². The summed E-state index contributed by atoms with van der Waals surface area (Å²) in [5, 5.41) is 10.8. The Kier molecular flexibility index (Phi) is 6.26. The van der Waals surface area contributed by atoms with Crippen molar-refractivity contribution in [2.75, 3.05) is 0 Å². The van der Waals surface area contributed by atoms with Crippen LogP contribution in [-0.2, 0) is 0 Å². The van der Waals surface area contributed by atoms with Crippen molar-refractivity contribution in [3.63, 3.8) is 0 Å². The van der Waals surface area contributed by atoms with Crippen molar-refractivity contribution in [2.24, 2.45) is 45.3 Å². The molecule has 0 aromatic rings. The van der Waals surface area contributed by atoms with Gasteiger partial charge in [0.05, 0.1) is 6.10 Å². The SMILES string of the molecule is CC(C)CCC[C@@H](C)[C@H]1C[C@H](F)[C@@]2(C)C3=C(CC[C@]12C)[C@@]1(C)CC[C@H](O)C(C)(C)[C@@H]1CC3. The van der Waals surface area contributed by atoms with Crippen LogP contribution in [0.4, 0.5) is 4.39 Å². The zero-order valence-corrected chi connectivity index (χ0v) is 22.4. The molecule has 184 valence electrons. The minimum atomic E-state index is -0.710. The molecule has 32 heavy (non-hydrogen) atoms. The quantitative estimate of drug-likeness (QED) is 0.420. The average molecular weight is 447 g/mol. The van der Waals surface area contributed by atoms with Crippen LogP contribution in [0.2, 0.25) is 0 Å². The molecule has 2 saturated carbocycles. The number of hydrogen-bond donors (Lipinski definition) is 1. The Labute approximate surface area is 198 Å². The van der Waals surface area contributed by atoms with E-state index in [1.807, 2.05) is 0 Å². The van der Waals surface area contributed by atoms with E-state index in [0.29, 0.717) is 17.8 Å². The lowest BCUT2D eigenvalue weighted by Gasteiger charge is -2.62. The van der Waals surface area contributed by atoms with Gasteiger partial charge in [-0.2, -0.15) is 0 Å². The van der Waals surface area contributed by atoms with E-state index in [0.717, 1.165) is 50.9 Å². The van der Waals surface area contributed by atoms with Crippen LogP contribution in [0.25, 0.3) is 0 Å². The molecule has 0 aromatic heterocycles. The second kappa shape index (κ2) is 8.10. The standard InChI is InChI=1S/C30H51FO/c1-19(2)10-9-11-20(3)23-18-25(31)30(8)22-12-13-24-27(4,5)26(32)15-16-28(24,6)21(22)14-17-29(23,30)7/h19-20,23-26,32H,9-18H2,1-8H3/t20-,23-,24+,25+,26+,28-,29-,30-/m1/s1. The van der Waals surface area contributed by atoms with Crippen molar-refractivity contribution in [1.29, 1.82) is 0 Å². The molecule has 0 aliphatic heterocycles. The van der Waals surface area contributed by atoms with Crippen molar-refractivity contribution in [3.05, 3.63) is 11.1 Å². The molecule has 0 saturated heterocycles. The Balaban J connectivity index is 1.67. The van der Waals surface area contributed by atoms with Crippen LogP contribution in [0.15, 0.2) is 11.1 Å². The number of hydrogen-bond acceptors (Lipinski definition) is 1. The number of aliphatic hydroxyl groups is 1. The zero-order chi connectivity index (χ0) is 23.7. The van der Waals surface area contributed by atoms with Crippen LogP contribution < -0.4 is 0 Å². The second-order valence-corrected chi connectivity index (χ2v) is 14.1. The van der Waals surface area contributed by atoms with Crippen LogP contribution in [0, 0.1) is 45.3 Å². The highest BCUT2D eigenvalue weighted by atomic mass is 19.1. The van der Waals surface area contributed by atoms with Crippen molar-refractivity contribution in [2.45, 2.75) is 132 Å². The molecule has 8 atom stereocenters. The van der Waals surface area contributed by atoms with Gasteiger partial charge in [0.25, 0.3) is 0 Å². The fraction of sp³-hybridized carbons (Fsp3) is 0.933. The fourth-order valence-corrected chi connectivity index (χ4v) is 9.62. The Bertz CT molecular complexity index is 752. The molecular formula is C30H51FO. The second-order valence-electron chi connectivity index (χ2n) is 14.1. The molecular weight excluding hydrogens is 395 g/mol. The number of alkyl halides is 1. The minimum Gasteiger partial charge on any atom is -0.393 e. The van der Waals surface area contributed by atoms with E-state index in [9.17, 15) is 5.11 Å². The lowest BCUT2D eigenvalue weighted by atomic mass is 9.43. The maximum Gasteiger partial charge on any atom is 0.110 e. The van der Waals surface area contributed by atoms with Crippen LogP contribution >= 0.6 is 0 Å². The molecule has 4 aliphatic rings. The Morgan fingerprint density at radius 2 is 1.62 bits per heavy atom. The summed E-state index contributed by atoms with van der Waals surface area (Å²) in [7, 11) is 0. The number of aliphatic hydroxyl groups excluding tert-OH is 1. The van der Waals surface area contributed by atoms with Crippen molar-refractivity contribution >= 4 is 0 Å². The van der Waals surface area contributed by atoms with Crippen molar-refractivity contribution in [1.82, 2.24) is 0 Å². The van der Waals surface area contributed by atoms with E-state index >= 15 is 4.39 Å². The van der Waals surface area contributed by atoms with Gasteiger partial charge in [-0.25, -0.2) is 4.39 Å². The Morgan fingerprint density at radius 3 is 2.28 bits per heavy atom. The van der Waals surface area contributed by atoms with Gasteiger partial charge >= 0.3 is 0 Å². The van der Waals surface area contributed by atoms with Crippen LogP contribution in [0.5, 0.6) is 0 Å². The highest BCUT2D eigenvalue weighted by Crippen LogP contribution is 2.73. The summed E-state index contributed by atoms with van der Waals surface area (Å²) in [5.74, 6) is 2.38.